The van der Waals surface area contributed by atoms with Crippen LogP contribution in [0.25, 0.3) is 22.3 Å². The van der Waals surface area contributed by atoms with Crippen LogP contribution in [0.2, 0.25) is 0 Å². The van der Waals surface area contributed by atoms with Crippen molar-refractivity contribution in [3.8, 4) is 22.3 Å². The largest absolute Gasteiger partial charge is 0.321 e. The number of hydrogen-bond acceptors (Lipinski definition) is 4. The fraction of sp³-hybridized carbons (Fsp3) is 0.381. The highest BCUT2D eigenvalue weighted by atomic mass is 15.4. The lowest BCUT2D eigenvalue weighted by atomic mass is 9.84. The van der Waals surface area contributed by atoms with Gasteiger partial charge in [-0.25, -0.2) is 0 Å². The highest BCUT2D eigenvalue weighted by Gasteiger charge is 2.41. The Balaban J connectivity index is 1.20. The number of benzene rings is 4. The fourth-order valence-electron chi connectivity index (χ4n) is 8.41. The molecule has 2 fully saturated rings. The van der Waals surface area contributed by atoms with E-state index in [-0.39, 0.29) is 0 Å². The zero-order chi connectivity index (χ0) is 30.7. The maximum absolute atomic E-state index is 5.66. The first-order valence-electron chi connectivity index (χ1n) is 17.8. The van der Waals surface area contributed by atoms with E-state index in [1.807, 2.05) is 0 Å². The van der Waals surface area contributed by atoms with Crippen molar-refractivity contribution in [1.82, 2.24) is 0 Å². The summed E-state index contributed by atoms with van der Waals surface area (Å²) in [5.74, 6) is 3.45. The van der Waals surface area contributed by atoms with Crippen LogP contribution < -0.4 is 9.80 Å². The molecule has 0 saturated heterocycles. The van der Waals surface area contributed by atoms with Gasteiger partial charge in [-0.1, -0.05) is 123 Å². The van der Waals surface area contributed by atoms with Crippen LogP contribution in [0.4, 0.5) is 11.4 Å². The van der Waals surface area contributed by atoms with E-state index in [9.17, 15) is 0 Å². The van der Waals surface area contributed by atoms with Gasteiger partial charge in [-0.05, 0) is 84.0 Å². The molecule has 2 heterocycles. The van der Waals surface area contributed by atoms with Gasteiger partial charge in [-0.15, -0.1) is 0 Å². The van der Waals surface area contributed by atoms with Crippen LogP contribution in [-0.2, 0) is 0 Å². The molecule has 234 valence electrons. The molecule has 4 nitrogen and oxygen atoms in total. The quantitative estimate of drug-likeness (QED) is 0.210. The van der Waals surface area contributed by atoms with Gasteiger partial charge in [0.1, 0.15) is 0 Å². The van der Waals surface area contributed by atoms with Gasteiger partial charge in [0, 0.05) is 24.5 Å². The first-order chi connectivity index (χ1) is 22.8. The average molecular weight is 607 g/mol. The summed E-state index contributed by atoms with van der Waals surface area (Å²) in [4.78, 5) is 16.4. The van der Waals surface area contributed by atoms with Crippen LogP contribution in [0.15, 0.2) is 119 Å². The summed E-state index contributed by atoms with van der Waals surface area (Å²) in [7, 11) is 0. The number of aliphatic imine (C=N–C) groups is 2. The van der Waals surface area contributed by atoms with E-state index in [1.165, 1.54) is 97.8 Å². The normalized spacial score (nSPS) is 22.6. The third-order valence-electron chi connectivity index (χ3n) is 10.9. The van der Waals surface area contributed by atoms with Crippen molar-refractivity contribution in [2.75, 3.05) is 22.9 Å². The standard InChI is InChI=1S/C42H46N4/c1-5-15-31(16-6-1)35-23-13-25-37(27-35)45-29-39(33-19-9-3-10-20-33)43-41(45)42-44-40(34-21-11-4-12-22-34)30-46(42)38-26-14-24-36(28-38)32-17-7-2-8-18-32/h1-2,5-8,13-18,23-28,33-34,39-40H,3-4,9-12,19-22,29-30H2/t39-,40-/m1/s1. The summed E-state index contributed by atoms with van der Waals surface area (Å²) in [5, 5.41) is 0. The summed E-state index contributed by atoms with van der Waals surface area (Å²) < 4.78 is 0. The number of anilines is 2. The highest BCUT2D eigenvalue weighted by Crippen LogP contribution is 2.38. The lowest BCUT2D eigenvalue weighted by Gasteiger charge is -2.29. The highest BCUT2D eigenvalue weighted by molar-refractivity contribution is 6.50. The Kier molecular flexibility index (Phi) is 8.44. The lowest BCUT2D eigenvalue weighted by molar-refractivity contribution is 0.315. The molecule has 8 rings (SSSR count). The number of hydrogen-bond donors (Lipinski definition) is 0. The predicted octanol–water partition coefficient (Wildman–Crippen LogP) is 10.1. The molecular formula is C42H46N4. The lowest BCUT2D eigenvalue weighted by Crippen LogP contribution is -2.42. The van der Waals surface area contributed by atoms with Crippen LogP contribution in [-0.4, -0.2) is 36.8 Å². The minimum Gasteiger partial charge on any atom is -0.321 e. The molecule has 0 spiro atoms. The van der Waals surface area contributed by atoms with Gasteiger partial charge in [0.2, 0.25) is 0 Å². The molecule has 4 heteroatoms. The molecule has 4 aliphatic rings. The van der Waals surface area contributed by atoms with Crippen molar-refractivity contribution >= 4 is 23.0 Å². The molecule has 0 amide bonds. The molecule has 0 radical (unpaired) electrons. The van der Waals surface area contributed by atoms with Crippen molar-refractivity contribution in [3.63, 3.8) is 0 Å². The molecule has 2 atom stereocenters. The van der Waals surface area contributed by atoms with Crippen molar-refractivity contribution in [1.29, 1.82) is 0 Å². The number of nitrogens with zero attached hydrogens (tertiary/aromatic N) is 4. The Morgan fingerprint density at radius 3 is 1.22 bits per heavy atom. The molecule has 2 aliphatic heterocycles. The van der Waals surface area contributed by atoms with Crippen LogP contribution in [0.5, 0.6) is 0 Å². The Bertz CT molecular complexity index is 1550. The molecule has 0 unspecified atom stereocenters. The summed E-state index contributed by atoms with van der Waals surface area (Å²) in [5.41, 5.74) is 7.45. The Labute approximate surface area is 274 Å². The minimum atomic E-state index is 0.310. The van der Waals surface area contributed by atoms with Gasteiger partial charge in [0.15, 0.2) is 11.7 Å². The van der Waals surface area contributed by atoms with Crippen LogP contribution >= 0.6 is 0 Å². The summed E-state index contributed by atoms with van der Waals surface area (Å²) in [6.45, 7) is 1.87. The Morgan fingerprint density at radius 2 is 0.804 bits per heavy atom. The molecule has 4 aromatic rings. The van der Waals surface area contributed by atoms with Gasteiger partial charge in [0.25, 0.3) is 0 Å². The zero-order valence-electron chi connectivity index (χ0n) is 27.0. The van der Waals surface area contributed by atoms with E-state index in [1.54, 1.807) is 0 Å². The van der Waals surface area contributed by atoms with E-state index in [2.05, 4.69) is 119 Å². The van der Waals surface area contributed by atoms with E-state index < -0.39 is 0 Å². The fourth-order valence-corrected chi connectivity index (χ4v) is 8.41. The molecule has 0 N–H and O–H groups in total. The SMILES string of the molecule is c1ccc(-c2cccc(N3C[C@H](C4CCCCC4)N=C3C3=N[C@@H](C4CCCCC4)CN3c3cccc(-c4ccccc4)c3)c2)cc1. The molecule has 2 aliphatic carbocycles. The number of amidine groups is 2. The maximum Gasteiger partial charge on any atom is 0.172 e. The monoisotopic (exact) mass is 606 g/mol. The van der Waals surface area contributed by atoms with Crippen molar-refractivity contribution in [2.45, 2.75) is 76.3 Å². The van der Waals surface area contributed by atoms with E-state index in [0.29, 0.717) is 23.9 Å². The molecule has 46 heavy (non-hydrogen) atoms. The second kappa shape index (κ2) is 13.3. The van der Waals surface area contributed by atoms with E-state index in [4.69, 9.17) is 9.98 Å². The van der Waals surface area contributed by atoms with Gasteiger partial charge in [0.05, 0.1) is 12.1 Å². The van der Waals surface area contributed by atoms with E-state index >= 15 is 0 Å². The molecular weight excluding hydrogens is 560 g/mol. The van der Waals surface area contributed by atoms with Crippen molar-refractivity contribution in [3.05, 3.63) is 109 Å². The first-order valence-corrected chi connectivity index (χ1v) is 17.8. The number of rotatable bonds is 7. The van der Waals surface area contributed by atoms with Crippen LogP contribution in [0, 0.1) is 11.8 Å². The maximum atomic E-state index is 5.66. The topological polar surface area (TPSA) is 31.2 Å². The summed E-state index contributed by atoms with van der Waals surface area (Å²) >= 11 is 0. The minimum absolute atomic E-state index is 0.310. The Hall–Kier alpha value is -4.18. The molecule has 2 saturated carbocycles. The molecule has 0 bridgehead atoms. The smallest absolute Gasteiger partial charge is 0.172 e. The third-order valence-corrected chi connectivity index (χ3v) is 10.9. The van der Waals surface area contributed by atoms with E-state index in [0.717, 1.165) is 24.8 Å². The van der Waals surface area contributed by atoms with Gasteiger partial charge < -0.3 is 9.80 Å². The average Bonchev–Trinajstić information content (AvgIpc) is 3.79. The second-order valence-electron chi connectivity index (χ2n) is 13.9. The third kappa shape index (κ3) is 6.02. The van der Waals surface area contributed by atoms with Gasteiger partial charge >= 0.3 is 0 Å². The second-order valence-corrected chi connectivity index (χ2v) is 13.9. The molecule has 4 aromatic carbocycles. The zero-order valence-corrected chi connectivity index (χ0v) is 27.0. The van der Waals surface area contributed by atoms with Crippen molar-refractivity contribution < 1.29 is 0 Å². The summed E-state index contributed by atoms with van der Waals surface area (Å²) in [6.07, 6.45) is 13.2. The predicted molar refractivity (Wildman–Crippen MR) is 194 cm³/mol. The van der Waals surface area contributed by atoms with Gasteiger partial charge in [-0.3, -0.25) is 9.98 Å². The van der Waals surface area contributed by atoms with Gasteiger partial charge in [-0.2, -0.15) is 0 Å². The van der Waals surface area contributed by atoms with Crippen LogP contribution in [0.1, 0.15) is 64.2 Å². The molecule has 0 aromatic heterocycles. The van der Waals surface area contributed by atoms with Crippen molar-refractivity contribution in [2.24, 2.45) is 21.8 Å². The van der Waals surface area contributed by atoms with Crippen LogP contribution in [0.3, 0.4) is 0 Å². The Morgan fingerprint density at radius 1 is 0.413 bits per heavy atom. The summed E-state index contributed by atoms with van der Waals surface area (Å²) in [6, 6.07) is 40.3. The first kappa shape index (κ1) is 29.2.